The van der Waals surface area contributed by atoms with E-state index in [-0.39, 0.29) is 29.9 Å². The van der Waals surface area contributed by atoms with E-state index in [1.165, 1.54) is 6.07 Å². The highest BCUT2D eigenvalue weighted by molar-refractivity contribution is 7.87. The molecule has 35 heavy (non-hydrogen) atoms. The van der Waals surface area contributed by atoms with Crippen LogP contribution in [0.15, 0.2) is 42.6 Å². The minimum atomic E-state index is -3.55. The topological polar surface area (TPSA) is 96.5 Å². The van der Waals surface area contributed by atoms with Gasteiger partial charge in [0.25, 0.3) is 10.2 Å². The largest absolute Gasteiger partial charge is 0.378 e. The van der Waals surface area contributed by atoms with Gasteiger partial charge in [-0.15, -0.1) is 5.10 Å². The van der Waals surface area contributed by atoms with Crippen LogP contribution in [0.4, 0.5) is 10.2 Å². The highest BCUT2D eigenvalue weighted by Crippen LogP contribution is 2.35. The number of rotatable bonds is 9. The van der Waals surface area contributed by atoms with Crippen LogP contribution < -0.4 is 14.3 Å². The fraction of sp³-hybridized carbons (Fsp3) is 0.600. The summed E-state index contributed by atoms with van der Waals surface area (Å²) in [6.45, 7) is 1.82. The molecule has 3 fully saturated rings. The van der Waals surface area contributed by atoms with E-state index >= 15 is 0 Å². The van der Waals surface area contributed by atoms with Crippen LogP contribution in [0.1, 0.15) is 56.4 Å². The van der Waals surface area contributed by atoms with Crippen LogP contribution in [0.25, 0.3) is 0 Å². The number of ether oxygens (including phenoxy) is 1. The Hall–Kier alpha value is -2.14. The molecule has 10 heteroatoms. The van der Waals surface area contributed by atoms with Crippen molar-refractivity contribution in [1.29, 1.82) is 0 Å². The highest BCUT2D eigenvalue weighted by Gasteiger charge is 2.36. The van der Waals surface area contributed by atoms with E-state index in [4.69, 9.17) is 4.74 Å². The summed E-state index contributed by atoms with van der Waals surface area (Å²) in [5, 5.41) is 8.23. The van der Waals surface area contributed by atoms with Gasteiger partial charge in [-0.1, -0.05) is 12.1 Å². The normalized spacial score (nSPS) is 27.6. The van der Waals surface area contributed by atoms with E-state index in [0.717, 1.165) is 49.9 Å². The predicted molar refractivity (Wildman–Crippen MR) is 132 cm³/mol. The Labute approximate surface area is 206 Å². The van der Waals surface area contributed by atoms with Gasteiger partial charge < -0.3 is 9.64 Å². The van der Waals surface area contributed by atoms with Crippen molar-refractivity contribution in [3.63, 3.8) is 0 Å². The smallest absolute Gasteiger partial charge is 0.277 e. The van der Waals surface area contributed by atoms with Gasteiger partial charge in [0, 0.05) is 37.3 Å². The fourth-order valence-electron chi connectivity index (χ4n) is 5.26. The van der Waals surface area contributed by atoms with Gasteiger partial charge in [-0.05, 0) is 80.7 Å². The summed E-state index contributed by atoms with van der Waals surface area (Å²) in [5.41, 5.74) is 1.06. The summed E-state index contributed by atoms with van der Waals surface area (Å²) >= 11 is 0. The molecule has 1 aliphatic heterocycles. The Kier molecular flexibility index (Phi) is 7.62. The van der Waals surface area contributed by atoms with E-state index in [2.05, 4.69) is 24.5 Å². The molecule has 2 aliphatic carbocycles. The van der Waals surface area contributed by atoms with Crippen molar-refractivity contribution in [3.05, 3.63) is 54.0 Å². The average molecular weight is 504 g/mol. The van der Waals surface area contributed by atoms with Gasteiger partial charge in [-0.25, -0.2) is 4.39 Å². The van der Waals surface area contributed by atoms with Crippen LogP contribution in [0.3, 0.4) is 0 Å². The van der Waals surface area contributed by atoms with Crippen LogP contribution in [0, 0.1) is 11.7 Å². The van der Waals surface area contributed by atoms with Crippen molar-refractivity contribution in [1.82, 2.24) is 19.6 Å². The molecule has 0 radical (unpaired) electrons. The van der Waals surface area contributed by atoms with Crippen LogP contribution >= 0.6 is 0 Å². The van der Waals surface area contributed by atoms with Gasteiger partial charge in [0.05, 0.1) is 12.7 Å². The molecular formula is C25H34FN5O3S. The average Bonchev–Trinajstić information content (AvgIpc) is 3.67. The summed E-state index contributed by atoms with van der Waals surface area (Å²) in [4.78, 5) is 2.15. The molecule has 1 aromatic carbocycles. The third-order valence-electron chi connectivity index (χ3n) is 7.36. The first-order chi connectivity index (χ1) is 16.9. The Morgan fingerprint density at radius 1 is 1.03 bits per heavy atom. The van der Waals surface area contributed by atoms with Crippen molar-refractivity contribution in [3.8, 4) is 0 Å². The standard InChI is InChI=1S/C25H34FN5O3S/c26-21-4-1-3-19(15-21)18-6-10-23(11-7-18)34-17-20-16-31(25-5-2-13-27-28-25)14-12-24(20)30-35(32,33)29-22-8-9-22/h1-5,13,15,18,20,22-24,29-30H,6-12,14,16-17H2/t18-,20?,23+,24?. The first-order valence-electron chi connectivity index (χ1n) is 12.6. The fourth-order valence-corrected chi connectivity index (χ4v) is 6.71. The zero-order chi connectivity index (χ0) is 24.3. The third-order valence-corrected chi connectivity index (χ3v) is 8.62. The SMILES string of the molecule is O=S(=O)(NC1CC1)NC1CCN(c2cccnn2)CC1CO[C@H]1CC[C@@H](c2cccc(F)c2)CC1. The number of piperidine rings is 1. The van der Waals surface area contributed by atoms with Gasteiger partial charge in [0.1, 0.15) is 5.82 Å². The lowest BCUT2D eigenvalue weighted by Crippen LogP contribution is -2.55. The Morgan fingerprint density at radius 3 is 2.57 bits per heavy atom. The van der Waals surface area contributed by atoms with Gasteiger partial charge in [-0.2, -0.15) is 23.0 Å². The Bertz CT molecular complexity index is 1080. The summed E-state index contributed by atoms with van der Waals surface area (Å²) < 4.78 is 50.8. The number of benzene rings is 1. The quantitative estimate of drug-likeness (QED) is 0.546. The Balaban J connectivity index is 1.19. The lowest BCUT2D eigenvalue weighted by atomic mass is 9.82. The van der Waals surface area contributed by atoms with Crippen molar-refractivity contribution in [2.75, 3.05) is 24.6 Å². The second-order valence-electron chi connectivity index (χ2n) is 10.1. The number of halogens is 1. The molecule has 5 rings (SSSR count). The zero-order valence-electron chi connectivity index (χ0n) is 19.9. The third kappa shape index (κ3) is 6.75. The first kappa shape index (κ1) is 24.5. The molecule has 2 aromatic rings. The van der Waals surface area contributed by atoms with Gasteiger partial charge in [0.15, 0.2) is 5.82 Å². The molecule has 0 amide bonds. The maximum Gasteiger partial charge on any atom is 0.277 e. The van der Waals surface area contributed by atoms with Crippen LogP contribution in [-0.2, 0) is 14.9 Å². The predicted octanol–water partition coefficient (Wildman–Crippen LogP) is 3.14. The van der Waals surface area contributed by atoms with Crippen molar-refractivity contribution in [2.45, 2.75) is 69.1 Å². The number of hydrogen-bond acceptors (Lipinski definition) is 6. The molecule has 2 N–H and O–H groups in total. The lowest BCUT2D eigenvalue weighted by molar-refractivity contribution is -0.00218. The molecule has 1 aromatic heterocycles. The van der Waals surface area contributed by atoms with E-state index in [1.54, 1.807) is 18.3 Å². The summed E-state index contributed by atoms with van der Waals surface area (Å²) in [6, 6.07) is 10.6. The molecule has 1 saturated heterocycles. The molecule has 2 heterocycles. The van der Waals surface area contributed by atoms with Gasteiger partial charge >= 0.3 is 0 Å². The molecule has 0 bridgehead atoms. The van der Waals surface area contributed by atoms with Crippen LogP contribution in [0.2, 0.25) is 0 Å². The Morgan fingerprint density at radius 2 is 1.86 bits per heavy atom. The molecule has 0 spiro atoms. The number of hydrogen-bond donors (Lipinski definition) is 2. The van der Waals surface area contributed by atoms with Crippen molar-refractivity contribution < 1.29 is 17.5 Å². The minimum absolute atomic E-state index is 0.0116. The summed E-state index contributed by atoms with van der Waals surface area (Å²) in [7, 11) is -3.55. The number of aromatic nitrogens is 2. The maximum atomic E-state index is 13.6. The molecular weight excluding hydrogens is 469 g/mol. The van der Waals surface area contributed by atoms with E-state index < -0.39 is 10.2 Å². The van der Waals surface area contributed by atoms with Crippen molar-refractivity contribution >= 4 is 16.0 Å². The van der Waals surface area contributed by atoms with Crippen molar-refractivity contribution in [2.24, 2.45) is 5.92 Å². The monoisotopic (exact) mass is 503 g/mol. The molecule has 3 aliphatic rings. The number of nitrogens with zero attached hydrogens (tertiary/aromatic N) is 3. The molecule has 8 nitrogen and oxygen atoms in total. The second-order valence-corrected chi connectivity index (χ2v) is 11.5. The number of nitrogens with one attached hydrogen (secondary N) is 2. The van der Waals surface area contributed by atoms with E-state index in [9.17, 15) is 12.8 Å². The highest BCUT2D eigenvalue weighted by atomic mass is 32.2. The molecule has 2 atom stereocenters. The lowest BCUT2D eigenvalue weighted by Gasteiger charge is -2.40. The second kappa shape index (κ2) is 10.9. The molecule has 2 unspecified atom stereocenters. The van der Waals surface area contributed by atoms with Gasteiger partial charge in [0.2, 0.25) is 0 Å². The first-order valence-corrected chi connectivity index (χ1v) is 14.1. The minimum Gasteiger partial charge on any atom is -0.378 e. The van der Waals surface area contributed by atoms with Gasteiger partial charge in [-0.3, -0.25) is 0 Å². The maximum absolute atomic E-state index is 13.6. The van der Waals surface area contributed by atoms with Crippen LogP contribution in [0.5, 0.6) is 0 Å². The van der Waals surface area contributed by atoms with E-state index in [1.807, 2.05) is 18.2 Å². The van der Waals surface area contributed by atoms with E-state index in [0.29, 0.717) is 32.0 Å². The summed E-state index contributed by atoms with van der Waals surface area (Å²) in [5.74, 6) is 0.962. The molecule has 190 valence electrons. The zero-order valence-corrected chi connectivity index (χ0v) is 20.7. The van der Waals surface area contributed by atoms with Crippen LogP contribution in [-0.4, -0.2) is 56.5 Å². The summed E-state index contributed by atoms with van der Waals surface area (Å²) in [6.07, 6.45) is 8.01. The number of anilines is 1. The molecule has 2 saturated carbocycles.